The van der Waals surface area contributed by atoms with Gasteiger partial charge in [-0.2, -0.15) is 0 Å². The van der Waals surface area contributed by atoms with E-state index in [2.05, 4.69) is 0 Å². The van der Waals surface area contributed by atoms with Crippen LogP contribution in [0, 0.1) is 0 Å². The standard InChI is InChI=1S/C12H16O3/c1-2-6-10(13)9-12(14)15-11-7-4-3-5-8-11/h3-5,7-8,10,13H,2,6,9H2,1H3. The van der Waals surface area contributed by atoms with E-state index in [1.54, 1.807) is 24.3 Å². The zero-order valence-corrected chi connectivity index (χ0v) is 8.85. The zero-order valence-electron chi connectivity index (χ0n) is 8.85. The molecule has 3 nitrogen and oxygen atoms in total. The van der Waals surface area contributed by atoms with Gasteiger partial charge in [-0.3, -0.25) is 4.79 Å². The fraction of sp³-hybridized carbons (Fsp3) is 0.417. The molecule has 0 heterocycles. The summed E-state index contributed by atoms with van der Waals surface area (Å²) < 4.78 is 5.03. The number of aliphatic hydroxyl groups is 1. The number of hydrogen-bond donors (Lipinski definition) is 1. The van der Waals surface area contributed by atoms with Crippen LogP contribution in [0.5, 0.6) is 5.75 Å². The number of carbonyl (C=O) groups excluding carboxylic acids is 1. The number of ether oxygens (including phenoxy) is 1. The molecule has 0 radical (unpaired) electrons. The first-order valence-electron chi connectivity index (χ1n) is 5.16. The molecule has 0 aliphatic heterocycles. The Morgan fingerprint density at radius 1 is 1.40 bits per heavy atom. The molecule has 1 N–H and O–H groups in total. The number of esters is 1. The Hall–Kier alpha value is -1.35. The van der Waals surface area contributed by atoms with Crippen LogP contribution in [-0.2, 0) is 4.79 Å². The molecule has 1 aromatic rings. The maximum absolute atomic E-state index is 11.3. The van der Waals surface area contributed by atoms with Gasteiger partial charge in [0.25, 0.3) is 0 Å². The van der Waals surface area contributed by atoms with Gasteiger partial charge in [0.05, 0.1) is 12.5 Å². The van der Waals surface area contributed by atoms with Crippen LogP contribution in [0.1, 0.15) is 26.2 Å². The van der Waals surface area contributed by atoms with Crippen LogP contribution < -0.4 is 4.74 Å². The molecule has 0 aromatic heterocycles. The van der Waals surface area contributed by atoms with E-state index in [4.69, 9.17) is 4.74 Å². The molecule has 0 saturated heterocycles. The summed E-state index contributed by atoms with van der Waals surface area (Å²) in [5.41, 5.74) is 0. The highest BCUT2D eigenvalue weighted by Crippen LogP contribution is 2.10. The first kappa shape index (κ1) is 11.7. The minimum absolute atomic E-state index is 0.0583. The Bertz CT molecular complexity index is 295. The predicted molar refractivity (Wildman–Crippen MR) is 57.6 cm³/mol. The van der Waals surface area contributed by atoms with Crippen molar-refractivity contribution in [3.63, 3.8) is 0 Å². The summed E-state index contributed by atoms with van der Waals surface area (Å²) in [6.45, 7) is 1.96. The van der Waals surface area contributed by atoms with Crippen LogP contribution >= 0.6 is 0 Å². The summed E-state index contributed by atoms with van der Waals surface area (Å²) in [5.74, 6) is 0.133. The van der Waals surface area contributed by atoms with Crippen molar-refractivity contribution < 1.29 is 14.6 Å². The molecule has 15 heavy (non-hydrogen) atoms. The van der Waals surface area contributed by atoms with E-state index in [-0.39, 0.29) is 12.4 Å². The highest BCUT2D eigenvalue weighted by atomic mass is 16.5. The molecule has 1 aromatic carbocycles. The summed E-state index contributed by atoms with van der Waals surface area (Å²) in [6.07, 6.45) is 0.957. The van der Waals surface area contributed by atoms with Gasteiger partial charge in [-0.15, -0.1) is 0 Å². The number of hydrogen-bond acceptors (Lipinski definition) is 3. The number of para-hydroxylation sites is 1. The molecule has 0 bridgehead atoms. The summed E-state index contributed by atoms with van der Waals surface area (Å²) in [7, 11) is 0. The topological polar surface area (TPSA) is 46.5 Å². The number of rotatable bonds is 5. The molecular weight excluding hydrogens is 192 g/mol. The van der Waals surface area contributed by atoms with E-state index in [1.807, 2.05) is 13.0 Å². The SMILES string of the molecule is CCCC(O)CC(=O)Oc1ccccc1. The minimum atomic E-state index is -0.591. The Balaban J connectivity index is 2.36. The highest BCUT2D eigenvalue weighted by molar-refractivity contribution is 5.72. The van der Waals surface area contributed by atoms with E-state index in [1.165, 1.54) is 0 Å². The Kier molecular flexibility index (Phi) is 4.84. The molecule has 1 atom stereocenters. The average molecular weight is 208 g/mol. The van der Waals surface area contributed by atoms with Crippen LogP contribution in [0.2, 0.25) is 0 Å². The minimum Gasteiger partial charge on any atom is -0.426 e. The van der Waals surface area contributed by atoms with Crippen LogP contribution in [0.25, 0.3) is 0 Å². The third-order valence-electron chi connectivity index (χ3n) is 2.00. The summed E-state index contributed by atoms with van der Waals surface area (Å²) >= 11 is 0. The van der Waals surface area contributed by atoms with Crippen molar-refractivity contribution >= 4 is 5.97 Å². The van der Waals surface area contributed by atoms with Gasteiger partial charge in [0.1, 0.15) is 5.75 Å². The van der Waals surface area contributed by atoms with Crippen LogP contribution in [0.15, 0.2) is 30.3 Å². The van der Waals surface area contributed by atoms with E-state index >= 15 is 0 Å². The molecular formula is C12H16O3. The van der Waals surface area contributed by atoms with Crippen molar-refractivity contribution in [3.05, 3.63) is 30.3 Å². The van der Waals surface area contributed by atoms with Gasteiger partial charge in [0, 0.05) is 0 Å². The lowest BCUT2D eigenvalue weighted by Gasteiger charge is -2.08. The lowest BCUT2D eigenvalue weighted by atomic mass is 10.1. The number of carbonyl (C=O) groups is 1. The van der Waals surface area contributed by atoms with Crippen LogP contribution in [0.4, 0.5) is 0 Å². The van der Waals surface area contributed by atoms with E-state index in [0.29, 0.717) is 12.2 Å². The fourth-order valence-electron chi connectivity index (χ4n) is 1.29. The molecule has 0 amide bonds. The van der Waals surface area contributed by atoms with E-state index in [9.17, 15) is 9.90 Å². The van der Waals surface area contributed by atoms with Crippen molar-refractivity contribution in [1.82, 2.24) is 0 Å². The average Bonchev–Trinajstić information content (AvgIpc) is 2.19. The van der Waals surface area contributed by atoms with E-state index in [0.717, 1.165) is 6.42 Å². The van der Waals surface area contributed by atoms with Crippen molar-refractivity contribution in [3.8, 4) is 5.75 Å². The van der Waals surface area contributed by atoms with E-state index < -0.39 is 6.10 Å². The lowest BCUT2D eigenvalue weighted by molar-refractivity contribution is -0.136. The van der Waals surface area contributed by atoms with Crippen molar-refractivity contribution in [2.24, 2.45) is 0 Å². The van der Waals surface area contributed by atoms with Gasteiger partial charge in [-0.25, -0.2) is 0 Å². The predicted octanol–water partition coefficient (Wildman–Crippen LogP) is 2.14. The third kappa shape index (κ3) is 4.61. The maximum Gasteiger partial charge on any atom is 0.313 e. The monoisotopic (exact) mass is 208 g/mol. The zero-order chi connectivity index (χ0) is 11.1. The van der Waals surface area contributed by atoms with Crippen molar-refractivity contribution in [2.45, 2.75) is 32.3 Å². The van der Waals surface area contributed by atoms with Gasteiger partial charge in [0.15, 0.2) is 0 Å². The molecule has 0 aliphatic carbocycles. The second-order valence-electron chi connectivity index (χ2n) is 3.43. The number of aliphatic hydroxyl groups excluding tert-OH is 1. The van der Waals surface area contributed by atoms with Gasteiger partial charge in [-0.05, 0) is 18.6 Å². The largest absolute Gasteiger partial charge is 0.426 e. The van der Waals surface area contributed by atoms with Gasteiger partial charge in [0.2, 0.25) is 0 Å². The third-order valence-corrected chi connectivity index (χ3v) is 2.00. The van der Waals surface area contributed by atoms with Crippen molar-refractivity contribution in [1.29, 1.82) is 0 Å². The number of benzene rings is 1. The summed E-state index contributed by atoms with van der Waals surface area (Å²) in [4.78, 5) is 11.3. The quantitative estimate of drug-likeness (QED) is 0.595. The first-order chi connectivity index (χ1) is 7.22. The Morgan fingerprint density at radius 3 is 2.67 bits per heavy atom. The molecule has 3 heteroatoms. The fourth-order valence-corrected chi connectivity index (χ4v) is 1.29. The molecule has 1 rings (SSSR count). The molecule has 82 valence electrons. The van der Waals surface area contributed by atoms with Crippen LogP contribution in [0.3, 0.4) is 0 Å². The van der Waals surface area contributed by atoms with Gasteiger partial charge in [-0.1, -0.05) is 31.5 Å². The summed E-state index contributed by atoms with van der Waals surface area (Å²) in [5, 5.41) is 9.40. The van der Waals surface area contributed by atoms with Crippen molar-refractivity contribution in [2.75, 3.05) is 0 Å². The Morgan fingerprint density at radius 2 is 2.07 bits per heavy atom. The molecule has 0 aliphatic rings. The lowest BCUT2D eigenvalue weighted by Crippen LogP contribution is -2.17. The first-order valence-corrected chi connectivity index (χ1v) is 5.16. The Labute approximate surface area is 89.7 Å². The molecule has 0 saturated carbocycles. The molecule has 0 spiro atoms. The highest BCUT2D eigenvalue weighted by Gasteiger charge is 2.11. The summed E-state index contributed by atoms with van der Waals surface area (Å²) in [6, 6.07) is 8.87. The van der Waals surface area contributed by atoms with Gasteiger partial charge >= 0.3 is 5.97 Å². The second-order valence-corrected chi connectivity index (χ2v) is 3.43. The van der Waals surface area contributed by atoms with Gasteiger partial charge < -0.3 is 9.84 Å². The smallest absolute Gasteiger partial charge is 0.313 e. The normalized spacial score (nSPS) is 12.1. The second kappa shape index (κ2) is 6.19. The molecule has 1 unspecified atom stereocenters. The molecule has 0 fully saturated rings. The maximum atomic E-state index is 11.3. The van der Waals surface area contributed by atoms with Crippen LogP contribution in [-0.4, -0.2) is 17.2 Å².